The monoisotopic (exact) mass is 309 g/mol. The molecule has 0 aromatic heterocycles. The van der Waals surface area contributed by atoms with Crippen LogP contribution in [0.4, 0.5) is 13.2 Å². The predicted octanol–water partition coefficient (Wildman–Crippen LogP) is 2.87. The molecule has 0 aliphatic rings. The molecule has 1 rings (SSSR count). The lowest BCUT2D eigenvalue weighted by atomic mass is 10.2. The maximum Gasteiger partial charge on any atom is 0.417 e. The van der Waals surface area contributed by atoms with E-state index in [0.29, 0.717) is 12.8 Å². The second-order valence-electron chi connectivity index (χ2n) is 4.64. The highest BCUT2D eigenvalue weighted by atomic mass is 32.2. The van der Waals surface area contributed by atoms with Gasteiger partial charge in [-0.3, -0.25) is 0 Å². The zero-order valence-corrected chi connectivity index (χ0v) is 12.2. The summed E-state index contributed by atoms with van der Waals surface area (Å²) >= 11 is 0. The van der Waals surface area contributed by atoms with E-state index in [1.54, 1.807) is 7.05 Å². The van der Waals surface area contributed by atoms with E-state index in [9.17, 15) is 21.6 Å². The number of benzene rings is 1. The number of hydrogen-bond acceptors (Lipinski definition) is 3. The fourth-order valence-corrected chi connectivity index (χ4v) is 3.38. The van der Waals surface area contributed by atoms with E-state index >= 15 is 0 Å². The van der Waals surface area contributed by atoms with Gasteiger partial charge in [0.1, 0.15) is 0 Å². The number of sulfone groups is 1. The third kappa shape index (κ3) is 4.49. The molecule has 1 aromatic rings. The van der Waals surface area contributed by atoms with Crippen molar-refractivity contribution in [1.82, 2.24) is 5.32 Å². The van der Waals surface area contributed by atoms with Crippen LogP contribution in [0.2, 0.25) is 0 Å². The molecule has 1 unspecified atom stereocenters. The summed E-state index contributed by atoms with van der Waals surface area (Å²) < 4.78 is 62.5. The molecular weight excluding hydrogens is 291 g/mol. The maximum atomic E-state index is 12.8. The minimum atomic E-state index is -4.66. The average molecular weight is 309 g/mol. The van der Waals surface area contributed by atoms with E-state index in [-0.39, 0.29) is 11.8 Å². The van der Waals surface area contributed by atoms with Gasteiger partial charge in [-0.25, -0.2) is 8.42 Å². The SMILES string of the molecule is CNC(C)CCCS(=O)(=O)c1ccccc1C(F)(F)F. The highest BCUT2D eigenvalue weighted by molar-refractivity contribution is 7.91. The summed E-state index contributed by atoms with van der Waals surface area (Å²) in [6, 6.07) is 4.43. The van der Waals surface area contributed by atoms with Crippen molar-refractivity contribution in [2.24, 2.45) is 0 Å². The molecule has 0 aliphatic carbocycles. The van der Waals surface area contributed by atoms with Gasteiger partial charge in [-0.1, -0.05) is 12.1 Å². The highest BCUT2D eigenvalue weighted by Gasteiger charge is 2.36. The quantitative estimate of drug-likeness (QED) is 0.879. The van der Waals surface area contributed by atoms with Crippen molar-refractivity contribution in [1.29, 1.82) is 0 Å². The Kier molecular flexibility index (Phi) is 5.59. The Hall–Kier alpha value is -1.08. The van der Waals surface area contributed by atoms with Crippen molar-refractivity contribution in [3.05, 3.63) is 29.8 Å². The zero-order valence-electron chi connectivity index (χ0n) is 11.4. The second kappa shape index (κ2) is 6.58. The van der Waals surface area contributed by atoms with Crippen LogP contribution in [0.15, 0.2) is 29.2 Å². The van der Waals surface area contributed by atoms with Gasteiger partial charge in [0.25, 0.3) is 0 Å². The number of hydrogen-bond donors (Lipinski definition) is 1. The van der Waals surface area contributed by atoms with Crippen molar-refractivity contribution >= 4 is 9.84 Å². The first-order valence-electron chi connectivity index (χ1n) is 6.24. The van der Waals surface area contributed by atoms with Crippen LogP contribution in [-0.2, 0) is 16.0 Å². The Balaban J connectivity index is 2.94. The lowest BCUT2D eigenvalue weighted by Gasteiger charge is -2.14. The molecule has 0 bridgehead atoms. The Labute approximate surface area is 117 Å². The second-order valence-corrected chi connectivity index (χ2v) is 6.72. The fraction of sp³-hybridized carbons (Fsp3) is 0.538. The minimum Gasteiger partial charge on any atom is -0.317 e. The van der Waals surface area contributed by atoms with E-state index in [1.807, 2.05) is 6.92 Å². The smallest absolute Gasteiger partial charge is 0.317 e. The van der Waals surface area contributed by atoms with Gasteiger partial charge in [-0.15, -0.1) is 0 Å². The molecule has 3 nitrogen and oxygen atoms in total. The standard InChI is InChI=1S/C13H18F3NO2S/c1-10(17-2)6-5-9-20(18,19)12-8-4-3-7-11(12)13(14,15)16/h3-4,7-8,10,17H,5-6,9H2,1-2H3. The van der Waals surface area contributed by atoms with Crippen LogP contribution in [0.25, 0.3) is 0 Å². The zero-order chi connectivity index (χ0) is 15.4. The van der Waals surface area contributed by atoms with E-state index < -0.39 is 26.5 Å². The van der Waals surface area contributed by atoms with Gasteiger partial charge in [0.2, 0.25) is 0 Å². The number of nitrogens with one attached hydrogen (secondary N) is 1. The van der Waals surface area contributed by atoms with Crippen LogP contribution < -0.4 is 5.32 Å². The summed E-state index contributed by atoms with van der Waals surface area (Å²) in [5.41, 5.74) is -1.10. The Morgan fingerprint density at radius 2 is 1.85 bits per heavy atom. The summed E-state index contributed by atoms with van der Waals surface area (Å²) in [4.78, 5) is -0.635. The normalized spacial score (nSPS) is 14.2. The van der Waals surface area contributed by atoms with Crippen LogP contribution in [0.3, 0.4) is 0 Å². The molecule has 0 saturated heterocycles. The molecule has 1 atom stereocenters. The van der Waals surface area contributed by atoms with Gasteiger partial charge >= 0.3 is 6.18 Å². The number of rotatable bonds is 6. The van der Waals surface area contributed by atoms with Gasteiger partial charge in [-0.2, -0.15) is 13.2 Å². The highest BCUT2D eigenvalue weighted by Crippen LogP contribution is 2.34. The summed E-state index contributed by atoms with van der Waals surface area (Å²) in [6.07, 6.45) is -3.76. The van der Waals surface area contributed by atoms with Crippen molar-refractivity contribution in [3.8, 4) is 0 Å². The Morgan fingerprint density at radius 1 is 1.25 bits per heavy atom. The molecule has 0 saturated carbocycles. The summed E-state index contributed by atoms with van der Waals surface area (Å²) in [5.74, 6) is -0.286. The first kappa shape index (κ1) is 17.0. The van der Waals surface area contributed by atoms with Crippen LogP contribution in [0, 0.1) is 0 Å². The van der Waals surface area contributed by atoms with E-state index in [2.05, 4.69) is 5.32 Å². The molecule has 0 radical (unpaired) electrons. The summed E-state index contributed by atoms with van der Waals surface area (Å²) in [5, 5.41) is 2.95. The first-order valence-corrected chi connectivity index (χ1v) is 7.90. The molecular formula is C13H18F3NO2S. The van der Waals surface area contributed by atoms with Gasteiger partial charge in [0.15, 0.2) is 9.84 Å². The van der Waals surface area contributed by atoms with Crippen LogP contribution in [0.1, 0.15) is 25.3 Å². The van der Waals surface area contributed by atoms with Crippen LogP contribution in [0.5, 0.6) is 0 Å². The van der Waals surface area contributed by atoms with Crippen molar-refractivity contribution < 1.29 is 21.6 Å². The van der Waals surface area contributed by atoms with Crippen molar-refractivity contribution in [3.63, 3.8) is 0 Å². The molecule has 0 heterocycles. The average Bonchev–Trinajstić information content (AvgIpc) is 2.37. The molecule has 7 heteroatoms. The lowest BCUT2D eigenvalue weighted by molar-refractivity contribution is -0.139. The molecule has 20 heavy (non-hydrogen) atoms. The molecule has 1 N–H and O–H groups in total. The molecule has 0 aliphatic heterocycles. The summed E-state index contributed by atoms with van der Waals surface area (Å²) in [7, 11) is -2.18. The molecule has 1 aromatic carbocycles. The molecule has 114 valence electrons. The fourth-order valence-electron chi connectivity index (χ4n) is 1.81. The topological polar surface area (TPSA) is 46.2 Å². The predicted molar refractivity (Wildman–Crippen MR) is 71.3 cm³/mol. The van der Waals surface area contributed by atoms with Crippen molar-refractivity contribution in [2.45, 2.75) is 36.9 Å². The third-order valence-corrected chi connectivity index (χ3v) is 4.92. The van der Waals surface area contributed by atoms with Gasteiger partial charge in [0.05, 0.1) is 16.2 Å². The van der Waals surface area contributed by atoms with E-state index in [4.69, 9.17) is 0 Å². The largest absolute Gasteiger partial charge is 0.417 e. The lowest BCUT2D eigenvalue weighted by Crippen LogP contribution is -2.22. The Bertz CT molecular complexity index is 541. The maximum absolute atomic E-state index is 12.8. The number of halogens is 3. The third-order valence-electron chi connectivity index (χ3n) is 3.07. The molecule has 0 amide bonds. The number of alkyl halides is 3. The van der Waals surface area contributed by atoms with E-state index in [1.165, 1.54) is 12.1 Å². The van der Waals surface area contributed by atoms with Gasteiger partial charge in [-0.05, 0) is 38.9 Å². The molecule has 0 spiro atoms. The van der Waals surface area contributed by atoms with E-state index in [0.717, 1.165) is 12.1 Å². The van der Waals surface area contributed by atoms with Gasteiger partial charge < -0.3 is 5.32 Å². The first-order chi connectivity index (χ1) is 9.18. The van der Waals surface area contributed by atoms with Gasteiger partial charge in [0, 0.05) is 6.04 Å². The Morgan fingerprint density at radius 3 is 2.40 bits per heavy atom. The summed E-state index contributed by atoms with van der Waals surface area (Å²) in [6.45, 7) is 1.89. The van der Waals surface area contributed by atoms with Crippen LogP contribution in [-0.4, -0.2) is 27.3 Å². The van der Waals surface area contributed by atoms with Crippen molar-refractivity contribution in [2.75, 3.05) is 12.8 Å². The molecule has 0 fully saturated rings. The minimum absolute atomic E-state index is 0.128. The van der Waals surface area contributed by atoms with Crippen LogP contribution >= 0.6 is 0 Å².